The fourth-order valence-corrected chi connectivity index (χ4v) is 0.973. The normalized spacial score (nSPS) is 11.7. The summed E-state index contributed by atoms with van der Waals surface area (Å²) >= 11 is 2.29. The van der Waals surface area contributed by atoms with Gasteiger partial charge in [0.05, 0.1) is 0 Å². The van der Waals surface area contributed by atoms with E-state index in [0.717, 1.165) is 0 Å². The third-order valence-corrected chi connectivity index (χ3v) is 1.63. The first kappa shape index (κ1) is 16.7. The van der Waals surface area contributed by atoms with E-state index in [-0.39, 0.29) is 11.6 Å². The second-order valence-corrected chi connectivity index (χ2v) is 4.51. The number of hydrogen-bond donors (Lipinski definition) is 1. The summed E-state index contributed by atoms with van der Waals surface area (Å²) in [5.74, 6) is -0.177. The van der Waals surface area contributed by atoms with E-state index in [9.17, 15) is 4.79 Å². The minimum Gasteiger partial charge on any atom is -0.285 e. The maximum atomic E-state index is 11.8. The Balaban J connectivity index is 0.000000873. The minimum atomic E-state index is -0.250. The van der Waals surface area contributed by atoms with E-state index in [1.54, 1.807) is 24.3 Å². The van der Waals surface area contributed by atoms with Crippen LogP contribution in [-0.2, 0) is 0 Å². The highest BCUT2D eigenvalue weighted by atomic mass is 127. The van der Waals surface area contributed by atoms with Gasteiger partial charge in [0.25, 0.3) is 0 Å². The van der Waals surface area contributed by atoms with Crippen LogP contribution in [0.15, 0.2) is 36.0 Å². The minimum absolute atomic E-state index is 0.0730. The third kappa shape index (κ3) is 6.43. The average molecular weight is 360 g/mol. The van der Waals surface area contributed by atoms with Crippen molar-refractivity contribution in [2.45, 2.75) is 20.8 Å². The van der Waals surface area contributed by atoms with E-state index in [1.165, 1.54) is 4.43 Å². The lowest BCUT2D eigenvalue weighted by Gasteiger charge is -1.94. The third-order valence-electron chi connectivity index (χ3n) is 1.63. The highest BCUT2D eigenvalue weighted by Gasteiger charge is 2.13. The van der Waals surface area contributed by atoms with Crippen molar-refractivity contribution in [2.24, 2.45) is 0 Å². The predicted molar refractivity (Wildman–Crippen MR) is 80.8 cm³/mol. The van der Waals surface area contributed by atoms with Crippen molar-refractivity contribution in [3.63, 3.8) is 0 Å². The van der Waals surface area contributed by atoms with E-state index >= 15 is 0 Å². The lowest BCUT2D eigenvalue weighted by molar-refractivity contribution is 0.102. The van der Waals surface area contributed by atoms with Gasteiger partial charge in [-0.2, -0.15) is 5.21 Å². The fourth-order valence-electron chi connectivity index (χ4n) is 0.973. The summed E-state index contributed by atoms with van der Waals surface area (Å²) in [5, 5.41) is 12.8. The number of hydrogen-bond acceptors (Lipinski definition) is 4. The first-order chi connectivity index (χ1) is 8.71. The number of allylic oxidation sites excluding steroid dienone is 6. The molecule has 1 aromatic rings. The maximum Gasteiger partial charge on any atom is 0.245 e. The molecule has 1 rings (SSSR count). The number of halogens is 1. The van der Waals surface area contributed by atoms with Gasteiger partial charge in [0.2, 0.25) is 11.6 Å². The molecule has 5 nitrogen and oxygen atoms in total. The van der Waals surface area contributed by atoms with Gasteiger partial charge in [-0.3, -0.25) is 4.79 Å². The van der Waals surface area contributed by atoms with E-state index in [4.69, 9.17) is 0 Å². The first-order valence-corrected chi connectivity index (χ1v) is 7.03. The van der Waals surface area contributed by atoms with Gasteiger partial charge in [0, 0.05) is 5.57 Å². The number of ketones is 1. The van der Waals surface area contributed by atoms with Crippen LogP contribution in [0.4, 0.5) is 0 Å². The van der Waals surface area contributed by atoms with Gasteiger partial charge in [-0.1, -0.05) is 59.9 Å². The summed E-state index contributed by atoms with van der Waals surface area (Å²) in [4.78, 5) is 11.8. The topological polar surface area (TPSA) is 71.5 Å². The molecule has 0 saturated heterocycles. The molecule has 18 heavy (non-hydrogen) atoms. The molecular formula is C12H17IN4O. The molecule has 0 saturated carbocycles. The molecule has 0 aliphatic heterocycles. The lowest BCUT2D eigenvalue weighted by Crippen LogP contribution is -2.04. The summed E-state index contributed by atoms with van der Waals surface area (Å²) in [7, 11) is 0. The smallest absolute Gasteiger partial charge is 0.245 e. The Hall–Kier alpha value is -1.31. The van der Waals surface area contributed by atoms with Crippen LogP contribution >= 0.6 is 22.6 Å². The molecule has 1 heterocycles. The van der Waals surface area contributed by atoms with Crippen LogP contribution in [-0.4, -0.2) is 30.8 Å². The Morgan fingerprint density at radius 2 is 2.06 bits per heavy atom. The van der Waals surface area contributed by atoms with E-state index in [0.29, 0.717) is 5.57 Å². The number of carbonyl (C=O) groups is 1. The van der Waals surface area contributed by atoms with Crippen LogP contribution in [0.25, 0.3) is 0 Å². The number of H-pyrrole nitrogens is 1. The predicted octanol–water partition coefficient (Wildman–Crippen LogP) is 2.90. The largest absolute Gasteiger partial charge is 0.285 e. The first-order valence-electron chi connectivity index (χ1n) is 5.50. The molecular weight excluding hydrogens is 343 g/mol. The number of nitrogens with zero attached hydrogens (tertiary/aromatic N) is 3. The van der Waals surface area contributed by atoms with Crippen LogP contribution in [0.2, 0.25) is 0 Å². The zero-order chi connectivity index (χ0) is 13.8. The molecule has 0 spiro atoms. The molecule has 0 aliphatic carbocycles. The summed E-state index contributed by atoms with van der Waals surface area (Å²) < 4.78 is 1.22. The number of aromatic nitrogens is 4. The SMILES string of the molecule is CCI.C\C=C/C=C(\C=C/C)C(=O)c1nn[nH]n1. The zero-order valence-electron chi connectivity index (χ0n) is 10.7. The molecule has 0 bridgehead atoms. The van der Waals surface area contributed by atoms with Gasteiger partial charge in [-0.05, 0) is 23.5 Å². The van der Waals surface area contributed by atoms with E-state index in [2.05, 4.69) is 50.1 Å². The summed E-state index contributed by atoms with van der Waals surface area (Å²) in [6.07, 6.45) is 8.82. The Labute approximate surface area is 121 Å². The second-order valence-electron chi connectivity index (χ2n) is 2.98. The number of alkyl halides is 1. The van der Waals surface area contributed by atoms with Crippen molar-refractivity contribution < 1.29 is 4.79 Å². The fraction of sp³-hybridized carbons (Fsp3) is 0.333. The number of rotatable bonds is 4. The molecule has 1 aromatic heterocycles. The molecule has 0 fully saturated rings. The number of Topliss-reactive ketones (excluding diaryl/α,β-unsaturated/α-hetero) is 1. The molecule has 6 heteroatoms. The summed E-state index contributed by atoms with van der Waals surface area (Å²) in [6, 6.07) is 0. The van der Waals surface area contributed by atoms with Crippen LogP contribution in [0.1, 0.15) is 31.4 Å². The Morgan fingerprint density at radius 1 is 1.39 bits per heavy atom. The van der Waals surface area contributed by atoms with Crippen molar-refractivity contribution in [1.29, 1.82) is 0 Å². The number of carbonyl (C=O) groups excluding carboxylic acids is 1. The molecule has 0 aliphatic rings. The van der Waals surface area contributed by atoms with Gasteiger partial charge < -0.3 is 0 Å². The van der Waals surface area contributed by atoms with E-state index < -0.39 is 0 Å². The molecule has 0 aromatic carbocycles. The molecule has 1 N–H and O–H groups in total. The molecule has 0 amide bonds. The quantitative estimate of drug-likeness (QED) is 0.295. The highest BCUT2D eigenvalue weighted by Crippen LogP contribution is 2.05. The van der Waals surface area contributed by atoms with Crippen LogP contribution in [0.5, 0.6) is 0 Å². The van der Waals surface area contributed by atoms with Crippen molar-refractivity contribution in [2.75, 3.05) is 4.43 Å². The Bertz CT molecular complexity index is 421. The maximum absolute atomic E-state index is 11.8. The van der Waals surface area contributed by atoms with Crippen LogP contribution < -0.4 is 0 Å². The monoisotopic (exact) mass is 360 g/mol. The molecule has 0 radical (unpaired) electrons. The molecule has 0 atom stereocenters. The van der Waals surface area contributed by atoms with Gasteiger partial charge in [-0.25, -0.2) is 0 Å². The van der Waals surface area contributed by atoms with Gasteiger partial charge in [0.1, 0.15) is 0 Å². The second kappa shape index (κ2) is 10.8. The summed E-state index contributed by atoms with van der Waals surface area (Å²) in [5.41, 5.74) is 0.525. The standard InChI is InChI=1S/C10H12N4O.C2H5I/c1-3-5-7-8(6-4-2)9(15)10-11-13-14-12-10;1-2-3/h3-7H,1-2H3,(H,11,12,13,14);2H2,1H3/b5-3-,6-4-,8-7+;. The van der Waals surface area contributed by atoms with Gasteiger partial charge in [0.15, 0.2) is 0 Å². The number of aromatic amines is 1. The van der Waals surface area contributed by atoms with Crippen molar-refractivity contribution >= 4 is 28.4 Å². The molecule has 0 unspecified atom stereocenters. The molecule has 98 valence electrons. The van der Waals surface area contributed by atoms with Gasteiger partial charge in [-0.15, -0.1) is 10.2 Å². The number of nitrogens with one attached hydrogen (secondary N) is 1. The highest BCUT2D eigenvalue weighted by molar-refractivity contribution is 14.1. The van der Waals surface area contributed by atoms with Crippen LogP contribution in [0.3, 0.4) is 0 Å². The van der Waals surface area contributed by atoms with Crippen molar-refractivity contribution in [3.8, 4) is 0 Å². The summed E-state index contributed by atoms with van der Waals surface area (Å²) in [6.45, 7) is 5.83. The van der Waals surface area contributed by atoms with Crippen LogP contribution in [0, 0.1) is 0 Å². The number of tetrazole rings is 1. The van der Waals surface area contributed by atoms with Crippen molar-refractivity contribution in [3.05, 3.63) is 41.8 Å². The van der Waals surface area contributed by atoms with Crippen molar-refractivity contribution in [1.82, 2.24) is 20.6 Å². The van der Waals surface area contributed by atoms with Gasteiger partial charge >= 0.3 is 0 Å². The Morgan fingerprint density at radius 3 is 2.50 bits per heavy atom. The average Bonchev–Trinajstić information content (AvgIpc) is 2.88. The lowest BCUT2D eigenvalue weighted by atomic mass is 10.1. The van der Waals surface area contributed by atoms with E-state index in [1.807, 2.05) is 19.9 Å². The Kier molecular flexibility index (Phi) is 10.0. The zero-order valence-corrected chi connectivity index (χ0v) is 12.9.